The third kappa shape index (κ3) is 5.94. The number of nitrogens with zero attached hydrogens (tertiary/aromatic N) is 1. The molecule has 1 heterocycles. The number of ether oxygens (including phenoxy) is 1. The fourth-order valence-corrected chi connectivity index (χ4v) is 3.86. The molecule has 6 heteroatoms. The molecule has 5 nitrogen and oxygen atoms in total. The molecule has 1 fully saturated rings. The molecule has 1 amide bonds. The lowest BCUT2D eigenvalue weighted by Crippen LogP contribution is -2.33. The minimum absolute atomic E-state index is 0.0131. The molecular weight excluding hydrogens is 402 g/mol. The van der Waals surface area contributed by atoms with Crippen LogP contribution in [0.25, 0.3) is 0 Å². The van der Waals surface area contributed by atoms with Crippen LogP contribution >= 0.6 is 11.6 Å². The standard InChI is InChI=1S/C24H26ClNO4/c1-30-24(29)19-7-5-17(6-8-19)13-14-26-21(10-12-23(26)28)9-11-22(27)16-18-3-2-4-20(25)15-18/h2-9,11,15,21-22,27H,10,12-14,16H2,1H3/b11-9+/t21-,22+/m0/s1. The smallest absolute Gasteiger partial charge is 0.337 e. The third-order valence-electron chi connectivity index (χ3n) is 5.28. The van der Waals surface area contributed by atoms with Crippen molar-refractivity contribution in [3.05, 3.63) is 82.4 Å². The molecule has 1 N–H and O–H groups in total. The SMILES string of the molecule is COC(=O)c1ccc(CCN2C(=O)CC[C@@H]2/C=C/[C@@H](O)Cc2cccc(Cl)c2)cc1. The minimum atomic E-state index is -0.633. The summed E-state index contributed by atoms with van der Waals surface area (Å²) in [6, 6.07) is 14.7. The molecule has 0 radical (unpaired) electrons. The van der Waals surface area contributed by atoms with E-state index in [2.05, 4.69) is 0 Å². The highest BCUT2D eigenvalue weighted by molar-refractivity contribution is 6.30. The van der Waals surface area contributed by atoms with Crippen molar-refractivity contribution in [3.8, 4) is 0 Å². The maximum absolute atomic E-state index is 12.3. The first-order valence-electron chi connectivity index (χ1n) is 10.0. The molecule has 0 aliphatic carbocycles. The van der Waals surface area contributed by atoms with Crippen molar-refractivity contribution < 1.29 is 19.4 Å². The highest BCUT2D eigenvalue weighted by atomic mass is 35.5. The van der Waals surface area contributed by atoms with Gasteiger partial charge >= 0.3 is 5.97 Å². The number of aliphatic hydroxyl groups excluding tert-OH is 1. The summed E-state index contributed by atoms with van der Waals surface area (Å²) in [6.45, 7) is 0.593. The lowest BCUT2D eigenvalue weighted by Gasteiger charge is -2.23. The van der Waals surface area contributed by atoms with Crippen molar-refractivity contribution in [2.45, 2.75) is 37.8 Å². The Morgan fingerprint density at radius 1 is 1.27 bits per heavy atom. The first-order chi connectivity index (χ1) is 14.5. The van der Waals surface area contributed by atoms with E-state index in [0.717, 1.165) is 17.5 Å². The maximum Gasteiger partial charge on any atom is 0.337 e. The number of carbonyl (C=O) groups excluding carboxylic acids is 2. The second-order valence-corrected chi connectivity index (χ2v) is 7.85. The van der Waals surface area contributed by atoms with E-state index in [0.29, 0.717) is 36.4 Å². The van der Waals surface area contributed by atoms with E-state index < -0.39 is 6.10 Å². The van der Waals surface area contributed by atoms with Crippen molar-refractivity contribution in [3.63, 3.8) is 0 Å². The summed E-state index contributed by atoms with van der Waals surface area (Å²) in [5.41, 5.74) is 2.52. The normalized spacial score (nSPS) is 17.5. The molecule has 1 aliphatic rings. The van der Waals surface area contributed by atoms with Gasteiger partial charge in [0, 0.05) is 24.4 Å². The van der Waals surface area contributed by atoms with Gasteiger partial charge in [-0.1, -0.05) is 48.0 Å². The van der Waals surface area contributed by atoms with E-state index in [1.54, 1.807) is 24.3 Å². The number of likely N-dealkylation sites (tertiary alicyclic amines) is 1. The zero-order valence-corrected chi connectivity index (χ0v) is 17.7. The summed E-state index contributed by atoms with van der Waals surface area (Å²) in [4.78, 5) is 25.7. The van der Waals surface area contributed by atoms with E-state index in [4.69, 9.17) is 16.3 Å². The van der Waals surface area contributed by atoms with Crippen LogP contribution in [0.2, 0.25) is 5.02 Å². The Labute approximate surface area is 181 Å². The summed E-state index contributed by atoms with van der Waals surface area (Å²) >= 11 is 5.99. The third-order valence-corrected chi connectivity index (χ3v) is 5.52. The van der Waals surface area contributed by atoms with Crippen molar-refractivity contribution in [1.29, 1.82) is 0 Å². The fourth-order valence-electron chi connectivity index (χ4n) is 3.65. The topological polar surface area (TPSA) is 66.8 Å². The van der Waals surface area contributed by atoms with E-state index >= 15 is 0 Å². The van der Waals surface area contributed by atoms with Crippen LogP contribution in [0.4, 0.5) is 0 Å². The fraction of sp³-hybridized carbons (Fsp3) is 0.333. The van der Waals surface area contributed by atoms with Gasteiger partial charge in [0.15, 0.2) is 0 Å². The van der Waals surface area contributed by atoms with Gasteiger partial charge in [-0.05, 0) is 48.2 Å². The van der Waals surface area contributed by atoms with Gasteiger partial charge in [0.1, 0.15) is 0 Å². The average Bonchev–Trinajstić information content (AvgIpc) is 3.10. The highest BCUT2D eigenvalue weighted by Gasteiger charge is 2.28. The van der Waals surface area contributed by atoms with E-state index in [-0.39, 0.29) is 17.9 Å². The van der Waals surface area contributed by atoms with E-state index in [9.17, 15) is 14.7 Å². The van der Waals surface area contributed by atoms with Gasteiger partial charge in [-0.3, -0.25) is 4.79 Å². The number of aliphatic hydroxyl groups is 1. The van der Waals surface area contributed by atoms with Crippen LogP contribution in [-0.2, 0) is 22.4 Å². The first kappa shape index (κ1) is 22.1. The molecule has 0 aromatic heterocycles. The Kier molecular flexibility index (Phi) is 7.66. The lowest BCUT2D eigenvalue weighted by atomic mass is 10.1. The summed E-state index contributed by atoms with van der Waals surface area (Å²) < 4.78 is 4.71. The van der Waals surface area contributed by atoms with Gasteiger partial charge in [-0.25, -0.2) is 4.79 Å². The van der Waals surface area contributed by atoms with Crippen molar-refractivity contribution in [2.24, 2.45) is 0 Å². The Morgan fingerprint density at radius 3 is 2.73 bits per heavy atom. The van der Waals surface area contributed by atoms with Crippen molar-refractivity contribution in [1.82, 2.24) is 4.90 Å². The zero-order valence-electron chi connectivity index (χ0n) is 17.0. The average molecular weight is 428 g/mol. The molecule has 1 saturated heterocycles. The molecule has 3 rings (SSSR count). The molecule has 2 aromatic rings. The van der Waals surface area contributed by atoms with Crippen LogP contribution in [-0.4, -0.2) is 47.7 Å². The summed E-state index contributed by atoms with van der Waals surface area (Å²) in [5.74, 6) is -0.238. The molecule has 2 atom stereocenters. The number of esters is 1. The van der Waals surface area contributed by atoms with Crippen LogP contribution in [0, 0.1) is 0 Å². The highest BCUT2D eigenvalue weighted by Crippen LogP contribution is 2.21. The molecule has 2 aromatic carbocycles. The van der Waals surface area contributed by atoms with Crippen LogP contribution in [0.15, 0.2) is 60.7 Å². The monoisotopic (exact) mass is 427 g/mol. The van der Waals surface area contributed by atoms with Crippen molar-refractivity contribution in [2.75, 3.05) is 13.7 Å². The zero-order chi connectivity index (χ0) is 21.5. The van der Waals surface area contributed by atoms with Gasteiger partial charge in [0.2, 0.25) is 5.91 Å². The van der Waals surface area contributed by atoms with Crippen LogP contribution in [0.5, 0.6) is 0 Å². The molecule has 0 unspecified atom stereocenters. The van der Waals surface area contributed by atoms with Crippen LogP contribution < -0.4 is 0 Å². The minimum Gasteiger partial charge on any atom is -0.465 e. The Bertz CT molecular complexity index is 910. The Balaban J connectivity index is 1.55. The number of hydrogen-bond donors (Lipinski definition) is 1. The quantitative estimate of drug-likeness (QED) is 0.513. The molecular formula is C24H26ClNO4. The Morgan fingerprint density at radius 2 is 2.03 bits per heavy atom. The number of methoxy groups -OCH3 is 1. The van der Waals surface area contributed by atoms with Crippen LogP contribution in [0.3, 0.4) is 0 Å². The van der Waals surface area contributed by atoms with E-state index in [1.165, 1.54) is 7.11 Å². The molecule has 158 valence electrons. The van der Waals surface area contributed by atoms with Gasteiger partial charge < -0.3 is 14.7 Å². The van der Waals surface area contributed by atoms with Gasteiger partial charge in [0.25, 0.3) is 0 Å². The molecule has 0 bridgehead atoms. The maximum atomic E-state index is 12.3. The summed E-state index contributed by atoms with van der Waals surface area (Å²) in [5, 5.41) is 11.0. The summed E-state index contributed by atoms with van der Waals surface area (Å²) in [7, 11) is 1.36. The second-order valence-electron chi connectivity index (χ2n) is 7.42. The number of halogens is 1. The molecule has 0 saturated carbocycles. The number of hydrogen-bond acceptors (Lipinski definition) is 4. The molecule has 30 heavy (non-hydrogen) atoms. The number of carbonyl (C=O) groups is 2. The molecule has 0 spiro atoms. The van der Waals surface area contributed by atoms with Gasteiger partial charge in [0.05, 0.1) is 24.8 Å². The predicted octanol–water partition coefficient (Wildman–Crippen LogP) is 3.82. The largest absolute Gasteiger partial charge is 0.465 e. The lowest BCUT2D eigenvalue weighted by molar-refractivity contribution is -0.128. The number of amides is 1. The predicted molar refractivity (Wildman–Crippen MR) is 117 cm³/mol. The van der Waals surface area contributed by atoms with Crippen LogP contribution in [0.1, 0.15) is 34.3 Å². The second kappa shape index (κ2) is 10.4. The number of rotatable bonds is 8. The van der Waals surface area contributed by atoms with Gasteiger partial charge in [-0.15, -0.1) is 0 Å². The van der Waals surface area contributed by atoms with E-state index in [1.807, 2.05) is 41.3 Å². The Hall–Kier alpha value is -2.63. The number of benzene rings is 2. The van der Waals surface area contributed by atoms with Crippen molar-refractivity contribution >= 4 is 23.5 Å². The summed E-state index contributed by atoms with van der Waals surface area (Å²) in [6.07, 6.45) is 5.50. The first-order valence-corrected chi connectivity index (χ1v) is 10.4. The molecule has 1 aliphatic heterocycles. The van der Waals surface area contributed by atoms with Gasteiger partial charge in [-0.2, -0.15) is 0 Å².